The van der Waals surface area contributed by atoms with Gasteiger partial charge in [-0.3, -0.25) is 4.79 Å². The molecule has 1 unspecified atom stereocenters. The predicted octanol–water partition coefficient (Wildman–Crippen LogP) is 3.42. The van der Waals surface area contributed by atoms with Crippen molar-refractivity contribution in [3.63, 3.8) is 0 Å². The van der Waals surface area contributed by atoms with Crippen molar-refractivity contribution in [1.29, 1.82) is 0 Å². The number of aliphatic hydroxyl groups excluding tert-OH is 1. The number of amides is 1. The number of halogens is 2. The molecule has 0 saturated carbocycles. The summed E-state index contributed by atoms with van der Waals surface area (Å²) in [5.41, 5.74) is 2.65. The van der Waals surface area contributed by atoms with Gasteiger partial charge in [-0.15, -0.1) is 0 Å². The molecule has 0 spiro atoms. The monoisotopic (exact) mass is 409 g/mol. The summed E-state index contributed by atoms with van der Waals surface area (Å²) < 4.78 is 11.0. The number of hydrogen-bond donors (Lipinski definition) is 2. The number of fused-ring (bicyclic) bond motifs is 1. The first kappa shape index (κ1) is 19.8. The van der Waals surface area contributed by atoms with Crippen LogP contribution in [0, 0.1) is 0 Å². The molecule has 0 aromatic heterocycles. The van der Waals surface area contributed by atoms with E-state index in [0.29, 0.717) is 16.5 Å². The number of rotatable bonds is 8. The summed E-state index contributed by atoms with van der Waals surface area (Å²) in [6.07, 6.45) is 2.45. The van der Waals surface area contributed by atoms with Gasteiger partial charge in [0, 0.05) is 6.54 Å². The van der Waals surface area contributed by atoms with Gasteiger partial charge in [0.15, 0.2) is 6.61 Å². The Hall–Kier alpha value is -1.95. The zero-order chi connectivity index (χ0) is 19.2. The molecule has 3 rings (SSSR count). The molecule has 7 heteroatoms. The van der Waals surface area contributed by atoms with Gasteiger partial charge in [0.25, 0.3) is 5.91 Å². The Morgan fingerprint density at radius 3 is 2.81 bits per heavy atom. The average Bonchev–Trinajstić information content (AvgIpc) is 3.13. The fraction of sp³-hybridized carbons (Fsp3) is 0.350. The van der Waals surface area contributed by atoms with E-state index in [2.05, 4.69) is 11.4 Å². The molecular weight excluding hydrogens is 389 g/mol. The molecule has 1 aliphatic rings. The third kappa shape index (κ3) is 5.51. The molecule has 0 saturated heterocycles. The molecule has 2 aromatic carbocycles. The van der Waals surface area contributed by atoms with Gasteiger partial charge in [-0.1, -0.05) is 35.3 Å². The van der Waals surface area contributed by atoms with Gasteiger partial charge < -0.3 is 19.9 Å². The molecule has 27 heavy (non-hydrogen) atoms. The van der Waals surface area contributed by atoms with Crippen LogP contribution < -0.4 is 14.8 Å². The van der Waals surface area contributed by atoms with Gasteiger partial charge in [-0.2, -0.15) is 0 Å². The number of aliphatic hydroxyl groups is 1. The van der Waals surface area contributed by atoms with Crippen LogP contribution in [0.15, 0.2) is 36.4 Å². The maximum Gasteiger partial charge on any atom is 0.258 e. The Bertz CT molecular complexity index is 813. The topological polar surface area (TPSA) is 67.8 Å². The van der Waals surface area contributed by atoms with Crippen LogP contribution >= 0.6 is 23.2 Å². The molecule has 0 aliphatic heterocycles. The van der Waals surface area contributed by atoms with Crippen LogP contribution in [0.25, 0.3) is 0 Å². The van der Waals surface area contributed by atoms with Crippen LogP contribution in [-0.4, -0.2) is 36.9 Å². The van der Waals surface area contributed by atoms with Crippen LogP contribution in [0.5, 0.6) is 11.5 Å². The van der Waals surface area contributed by atoms with Crippen LogP contribution in [0.4, 0.5) is 0 Å². The molecule has 0 heterocycles. The van der Waals surface area contributed by atoms with E-state index in [-0.39, 0.29) is 30.7 Å². The highest BCUT2D eigenvalue weighted by Gasteiger charge is 2.13. The molecule has 1 atom stereocenters. The van der Waals surface area contributed by atoms with Crippen molar-refractivity contribution in [2.24, 2.45) is 0 Å². The van der Waals surface area contributed by atoms with Gasteiger partial charge in [-0.25, -0.2) is 0 Å². The second-order valence-corrected chi connectivity index (χ2v) is 7.18. The van der Waals surface area contributed by atoms with E-state index in [9.17, 15) is 9.90 Å². The number of carbonyl (C=O) groups is 1. The Kier molecular flexibility index (Phi) is 6.83. The first-order valence-electron chi connectivity index (χ1n) is 8.79. The lowest BCUT2D eigenvalue weighted by atomic mass is 10.1. The highest BCUT2D eigenvalue weighted by atomic mass is 35.5. The average molecular weight is 410 g/mol. The highest BCUT2D eigenvalue weighted by molar-refractivity contribution is 6.42. The maximum absolute atomic E-state index is 11.9. The summed E-state index contributed by atoms with van der Waals surface area (Å²) >= 11 is 11.9. The zero-order valence-corrected chi connectivity index (χ0v) is 16.2. The Balaban J connectivity index is 1.38. The lowest BCUT2D eigenvalue weighted by Crippen LogP contribution is -2.37. The number of hydrogen-bond acceptors (Lipinski definition) is 4. The lowest BCUT2D eigenvalue weighted by molar-refractivity contribution is -0.123. The highest BCUT2D eigenvalue weighted by Crippen LogP contribution is 2.31. The molecule has 0 radical (unpaired) electrons. The normalized spacial score (nSPS) is 13.7. The molecular formula is C20H21Cl2NO4. The standard InChI is InChI=1S/C20H21Cl2NO4/c21-17-5-2-6-18(20(17)22)27-11-15(24)10-23-19(25)12-26-16-8-7-13-3-1-4-14(13)9-16/h2,5-9,15,24H,1,3-4,10-12H2,(H,23,25). The first-order valence-corrected chi connectivity index (χ1v) is 9.54. The van der Waals surface area contributed by atoms with Crippen molar-refractivity contribution in [2.75, 3.05) is 19.8 Å². The van der Waals surface area contributed by atoms with Crippen molar-refractivity contribution in [2.45, 2.75) is 25.4 Å². The number of benzene rings is 2. The van der Waals surface area contributed by atoms with Gasteiger partial charge in [0.05, 0.1) is 5.02 Å². The summed E-state index contributed by atoms with van der Waals surface area (Å²) in [5, 5.41) is 13.2. The smallest absolute Gasteiger partial charge is 0.258 e. The van der Waals surface area contributed by atoms with E-state index in [4.69, 9.17) is 32.7 Å². The van der Waals surface area contributed by atoms with Crippen molar-refractivity contribution in [3.05, 3.63) is 57.6 Å². The first-order chi connectivity index (χ1) is 13.0. The van der Waals surface area contributed by atoms with Crippen molar-refractivity contribution >= 4 is 29.1 Å². The van der Waals surface area contributed by atoms with E-state index in [1.165, 1.54) is 17.5 Å². The molecule has 144 valence electrons. The Morgan fingerprint density at radius 2 is 1.96 bits per heavy atom. The van der Waals surface area contributed by atoms with E-state index < -0.39 is 6.10 Å². The summed E-state index contributed by atoms with van der Waals surface area (Å²) in [7, 11) is 0. The van der Waals surface area contributed by atoms with E-state index in [1.54, 1.807) is 18.2 Å². The number of ether oxygens (including phenoxy) is 2. The molecule has 1 aliphatic carbocycles. The summed E-state index contributed by atoms with van der Waals surface area (Å²) in [4.78, 5) is 11.9. The van der Waals surface area contributed by atoms with Crippen molar-refractivity contribution < 1.29 is 19.4 Å². The molecule has 2 aromatic rings. The molecule has 2 N–H and O–H groups in total. The van der Waals surface area contributed by atoms with Crippen LogP contribution in [0.2, 0.25) is 10.0 Å². The van der Waals surface area contributed by atoms with Crippen LogP contribution in [-0.2, 0) is 17.6 Å². The molecule has 5 nitrogen and oxygen atoms in total. The minimum absolute atomic E-state index is 0.0218. The third-order valence-electron chi connectivity index (χ3n) is 4.32. The van der Waals surface area contributed by atoms with Gasteiger partial charge in [-0.05, 0) is 54.7 Å². The van der Waals surface area contributed by atoms with Gasteiger partial charge in [0.2, 0.25) is 0 Å². The minimum Gasteiger partial charge on any atom is -0.489 e. The maximum atomic E-state index is 11.9. The summed E-state index contributed by atoms with van der Waals surface area (Å²) in [6.45, 7) is -0.0803. The second-order valence-electron chi connectivity index (χ2n) is 6.39. The molecule has 0 bridgehead atoms. The fourth-order valence-corrected chi connectivity index (χ4v) is 3.26. The van der Waals surface area contributed by atoms with Crippen molar-refractivity contribution in [1.82, 2.24) is 5.32 Å². The molecule has 0 fully saturated rings. The molecule has 1 amide bonds. The number of nitrogens with one attached hydrogen (secondary N) is 1. The number of aryl methyl sites for hydroxylation is 2. The SMILES string of the molecule is O=C(COc1ccc2c(c1)CCC2)NCC(O)COc1cccc(Cl)c1Cl. The largest absolute Gasteiger partial charge is 0.489 e. The minimum atomic E-state index is -0.885. The fourth-order valence-electron chi connectivity index (χ4n) is 2.91. The zero-order valence-electron chi connectivity index (χ0n) is 14.7. The summed E-state index contributed by atoms with van der Waals surface area (Å²) in [6, 6.07) is 10.9. The second kappa shape index (κ2) is 9.31. The van der Waals surface area contributed by atoms with Crippen molar-refractivity contribution in [3.8, 4) is 11.5 Å². The summed E-state index contributed by atoms with van der Waals surface area (Å²) in [5.74, 6) is 0.759. The van der Waals surface area contributed by atoms with Crippen LogP contribution in [0.1, 0.15) is 17.5 Å². The predicted molar refractivity (Wildman–Crippen MR) is 105 cm³/mol. The number of carbonyl (C=O) groups excluding carboxylic acids is 1. The van der Waals surface area contributed by atoms with Gasteiger partial charge >= 0.3 is 0 Å². The third-order valence-corrected chi connectivity index (χ3v) is 5.12. The lowest BCUT2D eigenvalue weighted by Gasteiger charge is -2.14. The van der Waals surface area contributed by atoms with E-state index in [1.807, 2.05) is 12.1 Å². The quantitative estimate of drug-likeness (QED) is 0.700. The van der Waals surface area contributed by atoms with Crippen LogP contribution in [0.3, 0.4) is 0 Å². The van der Waals surface area contributed by atoms with Gasteiger partial charge in [0.1, 0.15) is 29.2 Å². The van der Waals surface area contributed by atoms with E-state index in [0.717, 1.165) is 12.8 Å². The Labute approximate surface area is 168 Å². The van der Waals surface area contributed by atoms with E-state index >= 15 is 0 Å². The Morgan fingerprint density at radius 1 is 1.15 bits per heavy atom.